The van der Waals surface area contributed by atoms with Gasteiger partial charge in [0.1, 0.15) is 0 Å². The SMILES string of the molecule is O=c1ccnc2sc(NCc3ccccc3N3CCCCC3)nn12. The third-order valence-electron chi connectivity index (χ3n) is 4.29. The number of rotatable bonds is 4. The molecule has 0 radical (unpaired) electrons. The molecule has 3 aromatic rings. The Hall–Kier alpha value is -2.41. The first-order valence-corrected chi connectivity index (χ1v) is 9.04. The second-order valence-corrected chi connectivity index (χ2v) is 6.87. The summed E-state index contributed by atoms with van der Waals surface area (Å²) < 4.78 is 1.34. The fourth-order valence-corrected chi connectivity index (χ4v) is 3.86. The molecule has 1 fully saturated rings. The summed E-state index contributed by atoms with van der Waals surface area (Å²) in [5, 5.41) is 8.35. The third-order valence-corrected chi connectivity index (χ3v) is 5.17. The number of para-hydroxylation sites is 1. The first kappa shape index (κ1) is 15.1. The van der Waals surface area contributed by atoms with E-state index in [1.54, 1.807) is 0 Å². The average molecular weight is 341 g/mol. The van der Waals surface area contributed by atoms with Crippen molar-refractivity contribution in [3.8, 4) is 0 Å². The number of aromatic nitrogens is 3. The number of hydrogen-bond acceptors (Lipinski definition) is 6. The van der Waals surface area contributed by atoms with Gasteiger partial charge in [-0.1, -0.05) is 29.5 Å². The summed E-state index contributed by atoms with van der Waals surface area (Å²) in [5.41, 5.74) is 2.39. The van der Waals surface area contributed by atoms with Crippen LogP contribution in [0.15, 0.2) is 41.3 Å². The number of nitrogens with one attached hydrogen (secondary N) is 1. The molecule has 0 saturated carbocycles. The summed E-state index contributed by atoms with van der Waals surface area (Å²) >= 11 is 1.39. The lowest BCUT2D eigenvalue weighted by Gasteiger charge is -2.30. The summed E-state index contributed by atoms with van der Waals surface area (Å²) in [7, 11) is 0. The summed E-state index contributed by atoms with van der Waals surface area (Å²) in [5.74, 6) is 0. The molecule has 0 unspecified atom stereocenters. The molecule has 1 aromatic carbocycles. The summed E-state index contributed by atoms with van der Waals surface area (Å²) in [4.78, 5) is 19.0. The highest BCUT2D eigenvalue weighted by molar-refractivity contribution is 7.20. The van der Waals surface area contributed by atoms with Crippen LogP contribution in [0.1, 0.15) is 24.8 Å². The van der Waals surface area contributed by atoms with Gasteiger partial charge in [-0.25, -0.2) is 4.98 Å². The zero-order valence-corrected chi connectivity index (χ0v) is 14.1. The Bertz CT molecular complexity index is 897. The topological polar surface area (TPSA) is 62.5 Å². The third kappa shape index (κ3) is 2.99. The van der Waals surface area contributed by atoms with Crippen molar-refractivity contribution in [2.75, 3.05) is 23.3 Å². The lowest BCUT2D eigenvalue weighted by molar-refractivity contribution is 0.576. The minimum Gasteiger partial charge on any atom is -0.371 e. The highest BCUT2D eigenvalue weighted by Crippen LogP contribution is 2.25. The van der Waals surface area contributed by atoms with Crippen LogP contribution >= 0.6 is 11.3 Å². The average Bonchev–Trinajstić information content (AvgIpc) is 3.06. The monoisotopic (exact) mass is 341 g/mol. The van der Waals surface area contributed by atoms with Gasteiger partial charge in [-0.15, -0.1) is 5.10 Å². The fraction of sp³-hybridized carbons (Fsp3) is 0.353. The van der Waals surface area contributed by atoms with Crippen LogP contribution in [-0.4, -0.2) is 27.7 Å². The molecule has 3 heterocycles. The maximum absolute atomic E-state index is 11.8. The van der Waals surface area contributed by atoms with Crippen molar-refractivity contribution < 1.29 is 0 Å². The quantitative estimate of drug-likeness (QED) is 0.790. The standard InChI is InChI=1S/C17H19N5OS/c23-15-8-9-18-17-22(15)20-16(24-17)19-12-13-6-2-3-7-14(13)21-10-4-1-5-11-21/h2-3,6-9H,1,4-5,10-12H2,(H,19,20). The summed E-state index contributed by atoms with van der Waals surface area (Å²) in [6, 6.07) is 9.91. The van der Waals surface area contributed by atoms with E-state index in [0.29, 0.717) is 16.6 Å². The molecule has 0 amide bonds. The van der Waals surface area contributed by atoms with Crippen LogP contribution in [-0.2, 0) is 6.54 Å². The Morgan fingerprint density at radius 2 is 1.96 bits per heavy atom. The Kier molecular flexibility index (Phi) is 4.17. The van der Waals surface area contributed by atoms with Crippen LogP contribution < -0.4 is 15.8 Å². The Morgan fingerprint density at radius 3 is 2.79 bits per heavy atom. The van der Waals surface area contributed by atoms with Crippen LogP contribution in [0.3, 0.4) is 0 Å². The molecule has 7 heteroatoms. The van der Waals surface area contributed by atoms with E-state index in [9.17, 15) is 4.79 Å². The van der Waals surface area contributed by atoms with E-state index in [2.05, 4.69) is 44.6 Å². The van der Waals surface area contributed by atoms with Gasteiger partial charge < -0.3 is 10.2 Å². The Balaban J connectivity index is 1.54. The number of piperidine rings is 1. The van der Waals surface area contributed by atoms with Gasteiger partial charge in [-0.05, 0) is 30.9 Å². The minimum atomic E-state index is -0.155. The molecule has 0 spiro atoms. The molecule has 2 aromatic heterocycles. The fourth-order valence-electron chi connectivity index (χ4n) is 3.09. The van der Waals surface area contributed by atoms with Crippen LogP contribution in [0.2, 0.25) is 0 Å². The van der Waals surface area contributed by atoms with E-state index in [-0.39, 0.29) is 5.56 Å². The van der Waals surface area contributed by atoms with Crippen molar-refractivity contribution in [1.29, 1.82) is 0 Å². The smallest absolute Gasteiger partial charge is 0.275 e. The molecule has 124 valence electrons. The zero-order chi connectivity index (χ0) is 16.4. The van der Waals surface area contributed by atoms with E-state index >= 15 is 0 Å². The molecular weight excluding hydrogens is 322 g/mol. The van der Waals surface area contributed by atoms with Gasteiger partial charge in [0.25, 0.3) is 5.56 Å². The number of fused-ring (bicyclic) bond motifs is 1. The first-order chi connectivity index (χ1) is 11.8. The van der Waals surface area contributed by atoms with Crippen molar-refractivity contribution in [3.63, 3.8) is 0 Å². The van der Waals surface area contributed by atoms with E-state index in [1.807, 2.05) is 0 Å². The van der Waals surface area contributed by atoms with Crippen molar-refractivity contribution in [1.82, 2.24) is 14.6 Å². The van der Waals surface area contributed by atoms with Gasteiger partial charge in [-0.2, -0.15) is 4.52 Å². The van der Waals surface area contributed by atoms with Gasteiger partial charge in [0, 0.05) is 37.6 Å². The molecule has 1 aliphatic heterocycles. The zero-order valence-electron chi connectivity index (χ0n) is 13.3. The lowest BCUT2D eigenvalue weighted by atomic mass is 10.1. The van der Waals surface area contributed by atoms with Crippen molar-refractivity contribution in [3.05, 3.63) is 52.4 Å². The molecule has 1 N–H and O–H groups in total. The highest BCUT2D eigenvalue weighted by atomic mass is 32.1. The number of anilines is 2. The van der Waals surface area contributed by atoms with Crippen molar-refractivity contribution in [2.24, 2.45) is 0 Å². The molecule has 4 rings (SSSR count). The second kappa shape index (κ2) is 6.60. The summed E-state index contributed by atoms with van der Waals surface area (Å²) in [6.45, 7) is 2.93. The number of hydrogen-bond donors (Lipinski definition) is 1. The molecule has 0 bridgehead atoms. The number of nitrogens with zero attached hydrogens (tertiary/aromatic N) is 4. The largest absolute Gasteiger partial charge is 0.371 e. The van der Waals surface area contributed by atoms with Crippen molar-refractivity contribution >= 4 is 27.1 Å². The normalized spacial score (nSPS) is 14.9. The molecule has 24 heavy (non-hydrogen) atoms. The Morgan fingerprint density at radius 1 is 1.12 bits per heavy atom. The predicted octanol–water partition coefficient (Wildman–Crippen LogP) is 2.75. The lowest BCUT2D eigenvalue weighted by Crippen LogP contribution is -2.30. The van der Waals surface area contributed by atoms with Gasteiger partial charge in [0.2, 0.25) is 10.1 Å². The molecule has 0 atom stereocenters. The predicted molar refractivity (Wildman–Crippen MR) is 97.0 cm³/mol. The van der Waals surface area contributed by atoms with Crippen molar-refractivity contribution in [2.45, 2.75) is 25.8 Å². The van der Waals surface area contributed by atoms with Crippen LogP contribution in [0.5, 0.6) is 0 Å². The molecule has 6 nitrogen and oxygen atoms in total. The molecule has 0 aliphatic carbocycles. The van der Waals surface area contributed by atoms with Gasteiger partial charge in [0.15, 0.2) is 0 Å². The number of benzene rings is 1. The van der Waals surface area contributed by atoms with E-state index in [0.717, 1.165) is 13.1 Å². The maximum Gasteiger partial charge on any atom is 0.275 e. The van der Waals surface area contributed by atoms with Gasteiger partial charge >= 0.3 is 0 Å². The van der Waals surface area contributed by atoms with Crippen LogP contribution in [0.4, 0.5) is 10.8 Å². The van der Waals surface area contributed by atoms with Gasteiger partial charge in [-0.3, -0.25) is 4.79 Å². The molecular formula is C17H19N5OS. The molecule has 1 aliphatic rings. The van der Waals surface area contributed by atoms with E-state index in [1.165, 1.54) is 58.6 Å². The maximum atomic E-state index is 11.8. The van der Waals surface area contributed by atoms with Crippen LogP contribution in [0, 0.1) is 0 Å². The summed E-state index contributed by atoms with van der Waals surface area (Å²) in [6.07, 6.45) is 5.36. The minimum absolute atomic E-state index is 0.155. The second-order valence-electron chi connectivity index (χ2n) is 5.91. The van der Waals surface area contributed by atoms with E-state index < -0.39 is 0 Å². The highest BCUT2D eigenvalue weighted by Gasteiger charge is 2.14. The van der Waals surface area contributed by atoms with Gasteiger partial charge in [0.05, 0.1) is 0 Å². The first-order valence-electron chi connectivity index (χ1n) is 8.23. The van der Waals surface area contributed by atoms with Crippen LogP contribution in [0.25, 0.3) is 4.96 Å². The molecule has 1 saturated heterocycles. The van der Waals surface area contributed by atoms with E-state index in [4.69, 9.17) is 0 Å². The Labute approximate surface area is 143 Å².